The van der Waals surface area contributed by atoms with E-state index >= 15 is 0 Å². The SMILES string of the molecule is CC(C)Cn1c(SCC(=O)NCCc2ccc(F)cc2)nc2ccc(Cl)cc2c1=O. The van der Waals surface area contributed by atoms with Crippen LogP contribution in [0.4, 0.5) is 4.39 Å². The molecule has 2 aromatic carbocycles. The Morgan fingerprint density at radius 2 is 1.97 bits per heavy atom. The summed E-state index contributed by atoms with van der Waals surface area (Å²) in [4.78, 5) is 29.8. The molecule has 0 unspecified atom stereocenters. The van der Waals surface area contributed by atoms with E-state index in [1.54, 1.807) is 34.9 Å². The molecule has 0 spiro atoms. The van der Waals surface area contributed by atoms with Crippen molar-refractivity contribution in [3.05, 3.63) is 69.2 Å². The summed E-state index contributed by atoms with van der Waals surface area (Å²) in [6.45, 7) is 4.99. The molecule has 0 atom stereocenters. The average molecular weight is 448 g/mol. The Balaban J connectivity index is 1.68. The van der Waals surface area contributed by atoms with Crippen molar-refractivity contribution in [1.82, 2.24) is 14.9 Å². The molecule has 0 fully saturated rings. The molecule has 30 heavy (non-hydrogen) atoms. The van der Waals surface area contributed by atoms with Crippen LogP contribution in [-0.4, -0.2) is 27.8 Å². The van der Waals surface area contributed by atoms with E-state index in [0.29, 0.717) is 40.6 Å². The smallest absolute Gasteiger partial charge is 0.262 e. The van der Waals surface area contributed by atoms with E-state index in [4.69, 9.17) is 11.6 Å². The average Bonchev–Trinajstić information content (AvgIpc) is 2.70. The van der Waals surface area contributed by atoms with Crippen molar-refractivity contribution in [3.63, 3.8) is 0 Å². The number of nitrogens with one attached hydrogen (secondary N) is 1. The number of rotatable bonds is 8. The Kier molecular flexibility index (Phi) is 7.50. The maximum atomic E-state index is 13.0. The standard InChI is InChI=1S/C22H23ClFN3O2S/c1-14(2)12-27-21(29)18-11-16(23)5-8-19(18)26-22(27)30-13-20(28)25-10-9-15-3-6-17(24)7-4-15/h3-8,11,14H,9-10,12-13H2,1-2H3,(H,25,28). The predicted octanol–water partition coefficient (Wildman–Crippen LogP) is 4.30. The van der Waals surface area contributed by atoms with Gasteiger partial charge in [-0.05, 0) is 48.2 Å². The molecule has 3 rings (SSSR count). The van der Waals surface area contributed by atoms with Gasteiger partial charge < -0.3 is 5.32 Å². The highest BCUT2D eigenvalue weighted by Crippen LogP contribution is 2.21. The number of carbonyl (C=O) groups excluding carboxylic acids is 1. The summed E-state index contributed by atoms with van der Waals surface area (Å²) in [6, 6.07) is 11.2. The molecule has 0 aliphatic rings. The van der Waals surface area contributed by atoms with Crippen molar-refractivity contribution < 1.29 is 9.18 Å². The highest BCUT2D eigenvalue weighted by Gasteiger charge is 2.14. The largest absolute Gasteiger partial charge is 0.355 e. The summed E-state index contributed by atoms with van der Waals surface area (Å²) in [5.41, 5.74) is 1.35. The van der Waals surface area contributed by atoms with Gasteiger partial charge in [0.1, 0.15) is 5.82 Å². The number of hydrogen-bond acceptors (Lipinski definition) is 4. The highest BCUT2D eigenvalue weighted by atomic mass is 35.5. The monoisotopic (exact) mass is 447 g/mol. The van der Waals surface area contributed by atoms with Crippen molar-refractivity contribution in [2.75, 3.05) is 12.3 Å². The third-order valence-electron chi connectivity index (χ3n) is 4.41. The lowest BCUT2D eigenvalue weighted by Crippen LogP contribution is -2.29. The van der Waals surface area contributed by atoms with E-state index in [0.717, 1.165) is 5.56 Å². The molecule has 158 valence electrons. The molecular formula is C22H23ClFN3O2S. The van der Waals surface area contributed by atoms with Crippen molar-refractivity contribution in [2.45, 2.75) is 32.0 Å². The minimum atomic E-state index is -0.281. The van der Waals surface area contributed by atoms with Crippen LogP contribution in [0.5, 0.6) is 0 Å². The van der Waals surface area contributed by atoms with Crippen LogP contribution in [0.2, 0.25) is 5.02 Å². The van der Waals surface area contributed by atoms with Crippen molar-refractivity contribution in [3.8, 4) is 0 Å². The lowest BCUT2D eigenvalue weighted by atomic mass is 10.1. The topological polar surface area (TPSA) is 64.0 Å². The Morgan fingerprint density at radius 3 is 2.67 bits per heavy atom. The van der Waals surface area contributed by atoms with E-state index in [1.807, 2.05) is 13.8 Å². The number of aromatic nitrogens is 2. The van der Waals surface area contributed by atoms with Gasteiger partial charge >= 0.3 is 0 Å². The summed E-state index contributed by atoms with van der Waals surface area (Å²) in [7, 11) is 0. The summed E-state index contributed by atoms with van der Waals surface area (Å²) >= 11 is 7.27. The molecule has 0 radical (unpaired) electrons. The van der Waals surface area contributed by atoms with Crippen LogP contribution >= 0.6 is 23.4 Å². The Bertz CT molecular complexity index is 1100. The van der Waals surface area contributed by atoms with Gasteiger partial charge in [0.15, 0.2) is 5.16 Å². The number of nitrogens with zero attached hydrogens (tertiary/aromatic N) is 2. The Morgan fingerprint density at radius 1 is 1.23 bits per heavy atom. The van der Waals surface area contributed by atoms with Crippen molar-refractivity contribution in [1.29, 1.82) is 0 Å². The van der Waals surface area contributed by atoms with Crippen molar-refractivity contribution in [2.24, 2.45) is 5.92 Å². The molecule has 0 aliphatic heterocycles. The number of amides is 1. The number of carbonyl (C=O) groups is 1. The summed E-state index contributed by atoms with van der Waals surface area (Å²) in [5.74, 6) is -0.0435. The fourth-order valence-electron chi connectivity index (χ4n) is 2.99. The van der Waals surface area contributed by atoms with E-state index in [9.17, 15) is 14.0 Å². The first-order valence-corrected chi connectivity index (χ1v) is 11.0. The maximum Gasteiger partial charge on any atom is 0.262 e. The minimum Gasteiger partial charge on any atom is -0.355 e. The molecule has 3 aromatic rings. The number of thioether (sulfide) groups is 1. The number of fused-ring (bicyclic) bond motifs is 1. The Hall–Kier alpha value is -2.38. The third kappa shape index (κ3) is 5.83. The second-order valence-electron chi connectivity index (χ2n) is 7.38. The first kappa shape index (κ1) is 22.3. The molecule has 1 N–H and O–H groups in total. The first-order chi connectivity index (χ1) is 14.3. The fraction of sp³-hybridized carbons (Fsp3) is 0.318. The zero-order valence-electron chi connectivity index (χ0n) is 16.8. The fourth-order valence-corrected chi connectivity index (χ4v) is 4.00. The van der Waals surface area contributed by atoms with Crippen LogP contribution in [0.25, 0.3) is 10.9 Å². The molecule has 1 heterocycles. The molecule has 0 saturated carbocycles. The van der Waals surface area contributed by atoms with E-state index in [1.165, 1.54) is 23.9 Å². The molecular weight excluding hydrogens is 425 g/mol. The van der Waals surface area contributed by atoms with Crippen LogP contribution in [0.15, 0.2) is 52.4 Å². The normalized spacial score (nSPS) is 11.2. The van der Waals surface area contributed by atoms with Gasteiger partial charge in [-0.2, -0.15) is 0 Å². The van der Waals surface area contributed by atoms with Gasteiger partial charge in [-0.25, -0.2) is 9.37 Å². The minimum absolute atomic E-state index is 0.146. The van der Waals surface area contributed by atoms with Gasteiger partial charge in [0.05, 0.1) is 16.7 Å². The van der Waals surface area contributed by atoms with E-state index in [-0.39, 0.29) is 29.0 Å². The molecule has 5 nitrogen and oxygen atoms in total. The van der Waals surface area contributed by atoms with Crippen molar-refractivity contribution >= 4 is 40.2 Å². The van der Waals surface area contributed by atoms with Gasteiger partial charge in [0, 0.05) is 18.1 Å². The van der Waals surface area contributed by atoms with Crippen LogP contribution < -0.4 is 10.9 Å². The Labute approximate surface area is 183 Å². The summed E-state index contributed by atoms with van der Waals surface area (Å²) in [6.07, 6.45) is 0.615. The zero-order chi connectivity index (χ0) is 21.7. The van der Waals surface area contributed by atoms with Gasteiger partial charge in [0.25, 0.3) is 5.56 Å². The van der Waals surface area contributed by atoms with Gasteiger partial charge in [-0.15, -0.1) is 0 Å². The van der Waals surface area contributed by atoms with Gasteiger partial charge in [-0.3, -0.25) is 14.2 Å². The van der Waals surface area contributed by atoms with E-state index in [2.05, 4.69) is 10.3 Å². The molecule has 1 aromatic heterocycles. The summed E-state index contributed by atoms with van der Waals surface area (Å²) < 4.78 is 14.6. The van der Waals surface area contributed by atoms with Crippen LogP contribution in [0.3, 0.4) is 0 Å². The molecule has 0 bridgehead atoms. The predicted molar refractivity (Wildman–Crippen MR) is 120 cm³/mol. The molecule has 1 amide bonds. The lowest BCUT2D eigenvalue weighted by molar-refractivity contribution is -0.118. The van der Waals surface area contributed by atoms with Crippen LogP contribution in [-0.2, 0) is 17.8 Å². The zero-order valence-corrected chi connectivity index (χ0v) is 18.4. The third-order valence-corrected chi connectivity index (χ3v) is 5.62. The van der Waals surface area contributed by atoms with Gasteiger partial charge in [-0.1, -0.05) is 49.3 Å². The summed E-state index contributed by atoms with van der Waals surface area (Å²) in [5, 5.41) is 4.31. The van der Waals surface area contributed by atoms with Gasteiger partial charge in [0.2, 0.25) is 5.91 Å². The second kappa shape index (κ2) is 10.1. The number of hydrogen-bond donors (Lipinski definition) is 1. The first-order valence-electron chi connectivity index (χ1n) is 9.67. The highest BCUT2D eigenvalue weighted by molar-refractivity contribution is 7.99. The molecule has 0 aliphatic carbocycles. The van der Waals surface area contributed by atoms with E-state index < -0.39 is 0 Å². The maximum absolute atomic E-state index is 13.0. The van der Waals surface area contributed by atoms with Crippen LogP contribution in [0, 0.1) is 11.7 Å². The molecule has 8 heteroatoms. The quantitative estimate of drug-likeness (QED) is 0.413. The lowest BCUT2D eigenvalue weighted by Gasteiger charge is -2.15. The second-order valence-corrected chi connectivity index (χ2v) is 8.76. The van der Waals surface area contributed by atoms with Crippen LogP contribution in [0.1, 0.15) is 19.4 Å². The number of benzene rings is 2. The number of halogens is 2. The molecule has 0 saturated heterocycles.